The Hall–Kier alpha value is -3.89. The first-order chi connectivity index (χ1) is 16.9. The summed E-state index contributed by atoms with van der Waals surface area (Å²) in [6.45, 7) is 2.66. The van der Waals surface area contributed by atoms with Crippen molar-refractivity contribution in [1.82, 2.24) is 35.5 Å². The van der Waals surface area contributed by atoms with Crippen LogP contribution in [0.4, 0.5) is 0 Å². The number of tetrazole rings is 1. The predicted octanol–water partition coefficient (Wildman–Crippen LogP) is 2.36. The van der Waals surface area contributed by atoms with Crippen LogP contribution < -0.4 is 10.1 Å². The topological polar surface area (TPSA) is 134 Å². The van der Waals surface area contributed by atoms with Crippen molar-refractivity contribution in [2.24, 2.45) is 11.8 Å². The second-order valence-electron chi connectivity index (χ2n) is 8.63. The zero-order valence-corrected chi connectivity index (χ0v) is 20.1. The Morgan fingerprint density at radius 3 is 2.66 bits per heavy atom. The Balaban J connectivity index is 1.39. The number of rotatable bonds is 8. The van der Waals surface area contributed by atoms with E-state index in [4.69, 9.17) is 9.47 Å². The molecule has 0 atom stereocenters. The number of benzene rings is 1. The van der Waals surface area contributed by atoms with Gasteiger partial charge in [0.1, 0.15) is 23.0 Å². The highest BCUT2D eigenvalue weighted by molar-refractivity contribution is 5.93. The van der Waals surface area contributed by atoms with Gasteiger partial charge in [-0.15, -0.1) is 10.2 Å². The molecule has 11 heteroatoms. The largest absolute Gasteiger partial charge is 0.497 e. The number of aromatic nitrogens is 6. The highest BCUT2D eigenvalue weighted by Gasteiger charge is 2.27. The number of methoxy groups -OCH3 is 2. The molecular formula is C24H29N7O4. The summed E-state index contributed by atoms with van der Waals surface area (Å²) in [5.41, 5.74) is 1.58. The lowest BCUT2D eigenvalue weighted by molar-refractivity contribution is -0.146. The van der Waals surface area contributed by atoms with Crippen molar-refractivity contribution in [3.8, 4) is 17.3 Å². The molecule has 0 bridgehead atoms. The Bertz CT molecular complexity index is 1190. The van der Waals surface area contributed by atoms with Gasteiger partial charge in [0.2, 0.25) is 5.82 Å². The summed E-state index contributed by atoms with van der Waals surface area (Å²) in [5.74, 6) is 1.38. The van der Waals surface area contributed by atoms with Gasteiger partial charge in [-0.3, -0.25) is 9.59 Å². The van der Waals surface area contributed by atoms with Crippen molar-refractivity contribution in [2.75, 3.05) is 14.2 Å². The van der Waals surface area contributed by atoms with Crippen LogP contribution in [0.25, 0.3) is 11.5 Å². The maximum Gasteiger partial charge on any atom is 0.308 e. The first kappa shape index (κ1) is 24.2. The van der Waals surface area contributed by atoms with Crippen LogP contribution in [0.15, 0.2) is 30.3 Å². The first-order valence-corrected chi connectivity index (χ1v) is 11.6. The summed E-state index contributed by atoms with van der Waals surface area (Å²) in [6.07, 6.45) is 3.41. The van der Waals surface area contributed by atoms with E-state index in [-0.39, 0.29) is 23.5 Å². The third-order valence-corrected chi connectivity index (χ3v) is 6.14. The summed E-state index contributed by atoms with van der Waals surface area (Å²) in [5, 5.41) is 15.6. The molecule has 0 aliphatic heterocycles. The SMILES string of the molecule is COC(=O)C1CCC(Cn2nnc(-c3cc(C(=O)NCc4cccc(OC)c4)nc(C)n3)n2)CC1. The lowest BCUT2D eigenvalue weighted by atomic mass is 9.82. The van der Waals surface area contributed by atoms with E-state index in [0.717, 1.165) is 37.0 Å². The minimum Gasteiger partial charge on any atom is -0.497 e. The Morgan fingerprint density at radius 1 is 1.11 bits per heavy atom. The van der Waals surface area contributed by atoms with E-state index in [0.29, 0.717) is 36.4 Å². The quantitative estimate of drug-likeness (QED) is 0.483. The normalized spacial score (nSPS) is 17.6. The van der Waals surface area contributed by atoms with Crippen molar-refractivity contribution in [2.45, 2.75) is 45.7 Å². The zero-order chi connectivity index (χ0) is 24.8. The number of esters is 1. The van der Waals surface area contributed by atoms with Crippen molar-refractivity contribution in [1.29, 1.82) is 0 Å². The first-order valence-electron chi connectivity index (χ1n) is 11.6. The Kier molecular flexibility index (Phi) is 7.64. The number of nitrogens with zero attached hydrogens (tertiary/aromatic N) is 6. The van der Waals surface area contributed by atoms with E-state index in [9.17, 15) is 9.59 Å². The van der Waals surface area contributed by atoms with E-state index >= 15 is 0 Å². The van der Waals surface area contributed by atoms with Gasteiger partial charge in [0.25, 0.3) is 5.91 Å². The number of aryl methyl sites for hydroxylation is 1. The molecular weight excluding hydrogens is 450 g/mol. The Morgan fingerprint density at radius 2 is 1.91 bits per heavy atom. The van der Waals surface area contributed by atoms with Gasteiger partial charge in [-0.2, -0.15) is 4.80 Å². The molecule has 4 rings (SSSR count). The number of hydrogen-bond donors (Lipinski definition) is 1. The van der Waals surface area contributed by atoms with E-state index in [1.165, 1.54) is 7.11 Å². The molecule has 0 unspecified atom stereocenters. The minimum absolute atomic E-state index is 0.0204. The van der Waals surface area contributed by atoms with E-state index in [1.807, 2.05) is 24.3 Å². The second-order valence-corrected chi connectivity index (χ2v) is 8.63. The van der Waals surface area contributed by atoms with Gasteiger partial charge in [-0.05, 0) is 67.5 Å². The summed E-state index contributed by atoms with van der Waals surface area (Å²) < 4.78 is 10.1. The number of hydrogen-bond acceptors (Lipinski definition) is 9. The van der Waals surface area contributed by atoms with Crippen LogP contribution in [0.1, 0.15) is 47.6 Å². The van der Waals surface area contributed by atoms with Crippen molar-refractivity contribution in [3.05, 3.63) is 47.4 Å². The van der Waals surface area contributed by atoms with Gasteiger partial charge < -0.3 is 14.8 Å². The second kappa shape index (κ2) is 11.0. The highest BCUT2D eigenvalue weighted by Crippen LogP contribution is 2.30. The smallest absolute Gasteiger partial charge is 0.308 e. The zero-order valence-electron chi connectivity index (χ0n) is 20.1. The molecule has 1 fully saturated rings. The number of amides is 1. The molecule has 1 aliphatic rings. The summed E-state index contributed by atoms with van der Waals surface area (Å²) in [4.78, 5) is 34.7. The number of carbonyl (C=O) groups excluding carboxylic acids is 2. The van der Waals surface area contributed by atoms with Crippen LogP contribution in [0, 0.1) is 18.8 Å². The third-order valence-electron chi connectivity index (χ3n) is 6.14. The molecule has 1 N–H and O–H groups in total. The van der Waals surface area contributed by atoms with Crippen LogP contribution in [-0.4, -0.2) is 56.3 Å². The van der Waals surface area contributed by atoms with Crippen molar-refractivity contribution >= 4 is 11.9 Å². The summed E-state index contributed by atoms with van der Waals surface area (Å²) >= 11 is 0. The maximum absolute atomic E-state index is 12.7. The fourth-order valence-electron chi connectivity index (χ4n) is 4.26. The van der Waals surface area contributed by atoms with Gasteiger partial charge >= 0.3 is 5.97 Å². The van der Waals surface area contributed by atoms with Crippen LogP contribution in [0.5, 0.6) is 5.75 Å². The molecule has 2 aromatic heterocycles. The molecule has 3 aromatic rings. The molecule has 11 nitrogen and oxygen atoms in total. The number of nitrogens with one attached hydrogen (secondary N) is 1. The average Bonchev–Trinajstić information content (AvgIpc) is 3.35. The monoisotopic (exact) mass is 479 g/mol. The molecule has 35 heavy (non-hydrogen) atoms. The van der Waals surface area contributed by atoms with E-state index in [2.05, 4.69) is 30.7 Å². The van der Waals surface area contributed by atoms with Gasteiger partial charge in [0.15, 0.2) is 0 Å². The van der Waals surface area contributed by atoms with Crippen LogP contribution in [0.3, 0.4) is 0 Å². The standard InChI is InChI=1S/C24H29N7O4/c1-15-26-20(12-21(27-15)23(32)25-13-17-5-4-6-19(11-17)34-2)22-28-30-31(29-22)14-16-7-9-18(10-8-16)24(33)35-3/h4-6,11-12,16,18H,7-10,13-14H2,1-3H3,(H,25,32). The molecule has 1 aliphatic carbocycles. The maximum atomic E-state index is 12.7. The van der Waals surface area contributed by atoms with Gasteiger partial charge in [-0.25, -0.2) is 9.97 Å². The molecule has 1 amide bonds. The summed E-state index contributed by atoms with van der Waals surface area (Å²) in [6, 6.07) is 9.05. The van der Waals surface area contributed by atoms with E-state index in [1.54, 1.807) is 24.9 Å². The highest BCUT2D eigenvalue weighted by atomic mass is 16.5. The molecule has 0 spiro atoms. The van der Waals surface area contributed by atoms with Gasteiger partial charge in [-0.1, -0.05) is 12.1 Å². The fraction of sp³-hybridized carbons (Fsp3) is 0.458. The summed E-state index contributed by atoms with van der Waals surface area (Å²) in [7, 11) is 3.03. The molecule has 184 valence electrons. The number of ether oxygens (including phenoxy) is 2. The average molecular weight is 480 g/mol. The van der Waals surface area contributed by atoms with E-state index < -0.39 is 0 Å². The van der Waals surface area contributed by atoms with Crippen LogP contribution >= 0.6 is 0 Å². The number of carbonyl (C=O) groups is 2. The molecule has 1 saturated carbocycles. The van der Waals surface area contributed by atoms with Crippen molar-refractivity contribution < 1.29 is 19.1 Å². The van der Waals surface area contributed by atoms with Gasteiger partial charge in [0, 0.05) is 6.54 Å². The van der Waals surface area contributed by atoms with Gasteiger partial charge in [0.05, 0.1) is 26.7 Å². The fourth-order valence-corrected chi connectivity index (χ4v) is 4.26. The molecule has 0 saturated heterocycles. The van der Waals surface area contributed by atoms with Crippen molar-refractivity contribution in [3.63, 3.8) is 0 Å². The molecule has 1 aromatic carbocycles. The molecule has 2 heterocycles. The Labute approximate surface area is 203 Å². The third kappa shape index (κ3) is 6.17. The van der Waals surface area contributed by atoms with Crippen LogP contribution in [-0.2, 0) is 22.6 Å². The minimum atomic E-state index is -0.325. The van der Waals surface area contributed by atoms with Crippen LogP contribution in [0.2, 0.25) is 0 Å². The lowest BCUT2D eigenvalue weighted by Gasteiger charge is -2.26. The molecule has 0 radical (unpaired) electrons. The lowest BCUT2D eigenvalue weighted by Crippen LogP contribution is -2.25. The predicted molar refractivity (Wildman–Crippen MR) is 125 cm³/mol.